The molecule has 132 valence electrons. The topological polar surface area (TPSA) is 78.7 Å². The lowest BCUT2D eigenvalue weighted by Crippen LogP contribution is -2.49. The van der Waals surface area contributed by atoms with Crippen LogP contribution in [0.15, 0.2) is 30.3 Å². The van der Waals surface area contributed by atoms with E-state index < -0.39 is 6.04 Å². The lowest BCUT2D eigenvalue weighted by molar-refractivity contribution is -0.131. The van der Waals surface area contributed by atoms with Gasteiger partial charge in [-0.1, -0.05) is 31.5 Å². The Hall–Kier alpha value is -2.08. The minimum atomic E-state index is -0.473. The van der Waals surface area contributed by atoms with E-state index in [1.807, 2.05) is 30.0 Å². The summed E-state index contributed by atoms with van der Waals surface area (Å²) in [6.07, 6.45) is 1.87. The summed E-state index contributed by atoms with van der Waals surface area (Å²) in [6.45, 7) is 5.46. The minimum absolute atomic E-state index is 0.0899. The third-order valence-corrected chi connectivity index (χ3v) is 4.33. The maximum Gasteiger partial charge on any atom is 0.236 e. The molecule has 0 aliphatic carbocycles. The highest BCUT2D eigenvalue weighted by Gasteiger charge is 2.21. The van der Waals surface area contributed by atoms with Gasteiger partial charge in [-0.3, -0.25) is 9.59 Å². The van der Waals surface area contributed by atoms with Crippen LogP contribution in [0.2, 0.25) is 0 Å². The predicted octanol–water partition coefficient (Wildman–Crippen LogP) is 0.969. The van der Waals surface area contributed by atoms with E-state index in [9.17, 15) is 9.59 Å². The Morgan fingerprint density at radius 3 is 2.46 bits per heavy atom. The van der Waals surface area contributed by atoms with E-state index in [0.717, 1.165) is 32.6 Å². The Bertz CT molecular complexity index is 527. The van der Waals surface area contributed by atoms with Crippen LogP contribution in [0.5, 0.6) is 0 Å². The number of nitrogens with two attached hydrogens (primary N) is 1. The fourth-order valence-corrected chi connectivity index (χ4v) is 2.88. The predicted molar refractivity (Wildman–Crippen MR) is 95.7 cm³/mol. The number of carbonyl (C=O) groups is 2. The number of rotatable bonds is 7. The van der Waals surface area contributed by atoms with Crippen molar-refractivity contribution in [1.82, 2.24) is 10.2 Å². The molecule has 1 fully saturated rings. The molecule has 1 saturated heterocycles. The van der Waals surface area contributed by atoms with Crippen LogP contribution in [0.25, 0.3) is 0 Å². The zero-order chi connectivity index (χ0) is 17.4. The Kier molecular flexibility index (Phi) is 7.06. The average molecular weight is 332 g/mol. The van der Waals surface area contributed by atoms with E-state index >= 15 is 0 Å². The molecule has 0 spiro atoms. The number of hydrogen-bond acceptors (Lipinski definition) is 4. The molecule has 24 heavy (non-hydrogen) atoms. The average Bonchev–Trinajstić information content (AvgIpc) is 2.62. The molecule has 6 nitrogen and oxygen atoms in total. The van der Waals surface area contributed by atoms with E-state index in [-0.39, 0.29) is 11.8 Å². The van der Waals surface area contributed by atoms with E-state index in [0.29, 0.717) is 19.4 Å². The summed E-state index contributed by atoms with van der Waals surface area (Å²) in [7, 11) is 0. The lowest BCUT2D eigenvalue weighted by Gasteiger charge is -2.36. The van der Waals surface area contributed by atoms with Gasteiger partial charge in [-0.05, 0) is 18.6 Å². The van der Waals surface area contributed by atoms with Crippen LogP contribution < -0.4 is 16.0 Å². The van der Waals surface area contributed by atoms with Crippen LogP contribution >= 0.6 is 0 Å². The van der Waals surface area contributed by atoms with E-state index in [1.165, 1.54) is 5.69 Å². The van der Waals surface area contributed by atoms with Crippen molar-refractivity contribution in [3.8, 4) is 0 Å². The first-order chi connectivity index (χ1) is 11.6. The molecule has 1 aromatic rings. The molecular weight excluding hydrogens is 304 g/mol. The molecule has 0 saturated carbocycles. The van der Waals surface area contributed by atoms with Crippen LogP contribution in [-0.2, 0) is 9.59 Å². The summed E-state index contributed by atoms with van der Waals surface area (Å²) in [5.41, 5.74) is 6.94. The number of amides is 2. The maximum absolute atomic E-state index is 12.2. The summed E-state index contributed by atoms with van der Waals surface area (Å²) in [6, 6.07) is 9.76. The molecule has 2 amide bonds. The van der Waals surface area contributed by atoms with Gasteiger partial charge in [0.2, 0.25) is 11.8 Å². The van der Waals surface area contributed by atoms with E-state index in [2.05, 4.69) is 22.3 Å². The minimum Gasteiger partial charge on any atom is -0.368 e. The van der Waals surface area contributed by atoms with Crippen LogP contribution in [0.3, 0.4) is 0 Å². The second-order valence-corrected chi connectivity index (χ2v) is 6.14. The zero-order valence-corrected chi connectivity index (χ0v) is 14.4. The Morgan fingerprint density at radius 1 is 1.17 bits per heavy atom. The van der Waals surface area contributed by atoms with Crippen LogP contribution in [0.1, 0.15) is 26.2 Å². The van der Waals surface area contributed by atoms with Gasteiger partial charge in [-0.2, -0.15) is 0 Å². The van der Waals surface area contributed by atoms with Crippen LogP contribution in [-0.4, -0.2) is 55.5 Å². The first kappa shape index (κ1) is 18.3. The summed E-state index contributed by atoms with van der Waals surface area (Å²) in [5.74, 6) is -0.0781. The van der Waals surface area contributed by atoms with Crippen molar-refractivity contribution in [2.45, 2.75) is 32.2 Å². The van der Waals surface area contributed by atoms with Gasteiger partial charge < -0.3 is 20.9 Å². The third kappa shape index (κ3) is 5.23. The highest BCUT2D eigenvalue weighted by molar-refractivity contribution is 5.82. The van der Waals surface area contributed by atoms with Gasteiger partial charge in [-0.25, -0.2) is 0 Å². The van der Waals surface area contributed by atoms with Crippen molar-refractivity contribution in [3.05, 3.63) is 30.3 Å². The third-order valence-electron chi connectivity index (χ3n) is 4.33. The number of nitrogens with one attached hydrogen (secondary N) is 1. The van der Waals surface area contributed by atoms with Crippen molar-refractivity contribution >= 4 is 17.5 Å². The molecule has 1 heterocycles. The number of anilines is 1. The normalized spacial score (nSPS) is 15.9. The SMILES string of the molecule is CCCC(N)C(=O)NCCC(=O)N1CCN(c2ccccc2)CC1. The Labute approximate surface area is 144 Å². The van der Waals surface area contributed by atoms with Gasteiger partial charge in [0.25, 0.3) is 0 Å². The standard InChI is InChI=1S/C18H28N4O2/c1-2-6-16(19)18(24)20-10-9-17(23)22-13-11-21(12-14-22)15-7-4-3-5-8-15/h3-5,7-8,16H,2,6,9-14,19H2,1H3,(H,20,24). The molecular formula is C18H28N4O2. The number of nitrogens with zero attached hydrogens (tertiary/aromatic N) is 2. The number of benzene rings is 1. The molecule has 0 radical (unpaired) electrons. The fraction of sp³-hybridized carbons (Fsp3) is 0.556. The first-order valence-electron chi connectivity index (χ1n) is 8.73. The van der Waals surface area contributed by atoms with Crippen molar-refractivity contribution in [1.29, 1.82) is 0 Å². The molecule has 1 unspecified atom stereocenters. The van der Waals surface area contributed by atoms with Gasteiger partial charge in [0.1, 0.15) is 0 Å². The molecule has 1 aliphatic rings. The quantitative estimate of drug-likeness (QED) is 0.780. The second-order valence-electron chi connectivity index (χ2n) is 6.14. The number of piperazine rings is 1. The monoisotopic (exact) mass is 332 g/mol. The smallest absolute Gasteiger partial charge is 0.236 e. The number of hydrogen-bond donors (Lipinski definition) is 2. The van der Waals surface area contributed by atoms with E-state index in [4.69, 9.17) is 5.73 Å². The van der Waals surface area contributed by atoms with Crippen LogP contribution in [0, 0.1) is 0 Å². The maximum atomic E-state index is 12.2. The van der Waals surface area contributed by atoms with E-state index in [1.54, 1.807) is 0 Å². The van der Waals surface area contributed by atoms with Gasteiger partial charge in [-0.15, -0.1) is 0 Å². The Morgan fingerprint density at radius 2 is 1.83 bits per heavy atom. The number of carbonyl (C=O) groups excluding carboxylic acids is 2. The summed E-state index contributed by atoms with van der Waals surface area (Å²) in [4.78, 5) is 28.1. The molecule has 6 heteroatoms. The van der Waals surface area contributed by atoms with Crippen molar-refractivity contribution in [2.24, 2.45) is 5.73 Å². The molecule has 2 rings (SSSR count). The highest BCUT2D eigenvalue weighted by Crippen LogP contribution is 2.15. The van der Waals surface area contributed by atoms with Gasteiger partial charge in [0.05, 0.1) is 6.04 Å². The summed E-state index contributed by atoms with van der Waals surface area (Å²) >= 11 is 0. The van der Waals surface area contributed by atoms with Crippen molar-refractivity contribution < 1.29 is 9.59 Å². The highest BCUT2D eigenvalue weighted by atomic mass is 16.2. The Balaban J connectivity index is 1.68. The first-order valence-corrected chi connectivity index (χ1v) is 8.73. The van der Waals surface area contributed by atoms with Gasteiger partial charge in [0, 0.05) is 44.8 Å². The largest absolute Gasteiger partial charge is 0.368 e. The lowest BCUT2D eigenvalue weighted by atomic mass is 10.1. The molecule has 3 N–H and O–H groups in total. The summed E-state index contributed by atoms with van der Waals surface area (Å²) in [5, 5.41) is 2.75. The fourth-order valence-electron chi connectivity index (χ4n) is 2.88. The van der Waals surface area contributed by atoms with Crippen LogP contribution in [0.4, 0.5) is 5.69 Å². The molecule has 1 aliphatic heterocycles. The summed E-state index contributed by atoms with van der Waals surface area (Å²) < 4.78 is 0. The zero-order valence-electron chi connectivity index (χ0n) is 14.4. The van der Waals surface area contributed by atoms with Gasteiger partial charge in [0.15, 0.2) is 0 Å². The molecule has 1 atom stereocenters. The molecule has 0 bridgehead atoms. The second kappa shape index (κ2) is 9.27. The number of para-hydroxylation sites is 1. The molecule has 1 aromatic carbocycles. The van der Waals surface area contributed by atoms with Crippen molar-refractivity contribution in [2.75, 3.05) is 37.6 Å². The van der Waals surface area contributed by atoms with Gasteiger partial charge >= 0.3 is 0 Å². The molecule has 0 aromatic heterocycles. The van der Waals surface area contributed by atoms with Crippen molar-refractivity contribution in [3.63, 3.8) is 0 Å².